The van der Waals surface area contributed by atoms with Gasteiger partial charge in [0.1, 0.15) is 21.7 Å². The number of aromatic nitrogens is 2. The van der Waals surface area contributed by atoms with Crippen LogP contribution in [0.4, 0.5) is 0 Å². The SMILES string of the molecule is CCc1nnc([C@@H]2C(=N)S/C(=C\c3cc(Cl)ccc3OC)C2=O)s1. The number of nitrogens with zero attached hydrogens (tertiary/aromatic N) is 2. The Balaban J connectivity index is 1.95. The van der Waals surface area contributed by atoms with Gasteiger partial charge in [-0.2, -0.15) is 0 Å². The van der Waals surface area contributed by atoms with Crippen LogP contribution >= 0.6 is 34.7 Å². The lowest BCUT2D eigenvalue weighted by atomic mass is 10.0. The van der Waals surface area contributed by atoms with Crippen LogP contribution in [-0.4, -0.2) is 28.1 Å². The molecule has 2 aromatic rings. The van der Waals surface area contributed by atoms with Gasteiger partial charge < -0.3 is 4.74 Å². The molecule has 8 heteroatoms. The summed E-state index contributed by atoms with van der Waals surface area (Å²) in [6.45, 7) is 1.98. The van der Waals surface area contributed by atoms with E-state index in [-0.39, 0.29) is 10.8 Å². The van der Waals surface area contributed by atoms with Gasteiger partial charge in [0, 0.05) is 10.6 Å². The fraction of sp³-hybridized carbons (Fsp3) is 0.250. The molecule has 1 aromatic heterocycles. The fourth-order valence-electron chi connectivity index (χ4n) is 2.30. The van der Waals surface area contributed by atoms with Crippen molar-refractivity contribution < 1.29 is 9.53 Å². The molecule has 2 heterocycles. The monoisotopic (exact) mass is 379 g/mol. The Labute approximate surface area is 152 Å². The van der Waals surface area contributed by atoms with Crippen molar-refractivity contribution >= 4 is 51.6 Å². The summed E-state index contributed by atoms with van der Waals surface area (Å²) in [4.78, 5) is 13.2. The number of rotatable bonds is 4. The average Bonchev–Trinajstić information content (AvgIpc) is 3.12. The highest BCUT2D eigenvalue weighted by molar-refractivity contribution is 8.19. The summed E-state index contributed by atoms with van der Waals surface area (Å²) >= 11 is 8.57. The Morgan fingerprint density at radius 3 is 2.88 bits per heavy atom. The molecule has 1 aliphatic heterocycles. The standard InChI is InChI=1S/C16H14ClN3O2S2/c1-3-12-19-20-16(24-12)13-14(21)11(23-15(13)18)7-8-6-9(17)4-5-10(8)22-2/h4-7,13,18H,3H2,1-2H3/b11-7-,18-15?/t13-/m0/s1. The van der Waals surface area contributed by atoms with E-state index in [1.807, 2.05) is 6.92 Å². The van der Waals surface area contributed by atoms with Crippen molar-refractivity contribution in [2.75, 3.05) is 7.11 Å². The molecule has 0 aliphatic carbocycles. The minimum atomic E-state index is -0.649. The first-order chi connectivity index (χ1) is 11.5. The number of methoxy groups -OCH3 is 1. The minimum absolute atomic E-state index is 0.133. The highest BCUT2D eigenvalue weighted by Gasteiger charge is 2.39. The van der Waals surface area contributed by atoms with E-state index >= 15 is 0 Å². The lowest BCUT2D eigenvalue weighted by molar-refractivity contribution is -0.114. The molecule has 1 fully saturated rings. The van der Waals surface area contributed by atoms with Gasteiger partial charge in [-0.3, -0.25) is 10.2 Å². The maximum Gasteiger partial charge on any atom is 0.186 e. The molecule has 1 N–H and O–H groups in total. The third-order valence-electron chi connectivity index (χ3n) is 3.50. The van der Waals surface area contributed by atoms with Crippen LogP contribution in [0.15, 0.2) is 23.1 Å². The Hall–Kier alpha value is -1.70. The number of ketones is 1. The largest absolute Gasteiger partial charge is 0.496 e. The molecule has 1 atom stereocenters. The van der Waals surface area contributed by atoms with Crippen LogP contribution in [0.1, 0.15) is 28.4 Å². The van der Waals surface area contributed by atoms with E-state index in [9.17, 15) is 4.79 Å². The predicted octanol–water partition coefficient (Wildman–Crippen LogP) is 4.18. The van der Waals surface area contributed by atoms with Gasteiger partial charge in [0.15, 0.2) is 5.78 Å². The first kappa shape index (κ1) is 17.1. The fourth-order valence-corrected chi connectivity index (χ4v) is 4.42. The molecule has 0 bridgehead atoms. The molecule has 0 amide bonds. The number of allylic oxidation sites excluding steroid dienone is 1. The maximum atomic E-state index is 12.7. The molecule has 0 unspecified atom stereocenters. The Kier molecular flexibility index (Phi) is 5.03. The average molecular weight is 380 g/mol. The Morgan fingerprint density at radius 2 is 2.21 bits per heavy atom. The molecule has 0 spiro atoms. The van der Waals surface area contributed by atoms with Gasteiger partial charge >= 0.3 is 0 Å². The maximum absolute atomic E-state index is 12.7. The summed E-state index contributed by atoms with van der Waals surface area (Å²) in [6.07, 6.45) is 2.48. The van der Waals surface area contributed by atoms with Crippen LogP contribution in [0.2, 0.25) is 5.02 Å². The number of Topliss-reactive ketones (excluding diaryl/α,β-unsaturated/α-hetero) is 1. The molecular weight excluding hydrogens is 366 g/mol. The minimum Gasteiger partial charge on any atom is -0.496 e. The molecule has 124 valence electrons. The molecule has 1 saturated heterocycles. The number of carbonyl (C=O) groups is 1. The molecule has 3 rings (SSSR count). The zero-order valence-electron chi connectivity index (χ0n) is 13.0. The molecule has 0 saturated carbocycles. The molecule has 24 heavy (non-hydrogen) atoms. The highest BCUT2D eigenvalue weighted by Crippen LogP contribution is 2.42. The number of halogens is 1. The van der Waals surface area contributed by atoms with Crippen LogP contribution in [0.5, 0.6) is 5.75 Å². The van der Waals surface area contributed by atoms with Gasteiger partial charge in [0.05, 0.1) is 17.1 Å². The van der Waals surface area contributed by atoms with Gasteiger partial charge in [-0.15, -0.1) is 21.5 Å². The van der Waals surface area contributed by atoms with Crippen LogP contribution < -0.4 is 4.74 Å². The first-order valence-corrected chi connectivity index (χ1v) is 9.22. The zero-order valence-corrected chi connectivity index (χ0v) is 15.4. The number of aryl methyl sites for hydroxylation is 1. The van der Waals surface area contributed by atoms with Crippen molar-refractivity contribution in [3.05, 3.63) is 43.7 Å². The topological polar surface area (TPSA) is 75.9 Å². The summed E-state index contributed by atoms with van der Waals surface area (Å²) in [5.41, 5.74) is 0.709. The van der Waals surface area contributed by atoms with Gasteiger partial charge in [-0.1, -0.05) is 30.3 Å². The van der Waals surface area contributed by atoms with Gasteiger partial charge in [0.2, 0.25) is 0 Å². The van der Waals surface area contributed by atoms with E-state index < -0.39 is 5.92 Å². The molecule has 0 radical (unpaired) electrons. The highest BCUT2D eigenvalue weighted by atomic mass is 35.5. The van der Waals surface area contributed by atoms with Crippen LogP contribution in [0, 0.1) is 5.41 Å². The van der Waals surface area contributed by atoms with E-state index in [1.54, 1.807) is 31.4 Å². The third-order valence-corrected chi connectivity index (χ3v) is 5.86. The second-order valence-corrected chi connectivity index (χ2v) is 7.66. The lowest BCUT2D eigenvalue weighted by Gasteiger charge is -2.05. The smallest absolute Gasteiger partial charge is 0.186 e. The second-order valence-electron chi connectivity index (χ2n) is 5.05. The van der Waals surface area contributed by atoms with Crippen molar-refractivity contribution in [2.24, 2.45) is 0 Å². The normalized spacial score (nSPS) is 19.3. The summed E-state index contributed by atoms with van der Waals surface area (Å²) in [7, 11) is 1.56. The Morgan fingerprint density at radius 1 is 1.42 bits per heavy atom. The molecular formula is C16H14ClN3O2S2. The number of nitrogens with one attached hydrogen (secondary N) is 1. The number of hydrogen-bond donors (Lipinski definition) is 1. The summed E-state index contributed by atoms with van der Waals surface area (Å²) in [5, 5.41) is 18.6. The summed E-state index contributed by atoms with van der Waals surface area (Å²) in [5.74, 6) is -0.158. The molecule has 1 aromatic carbocycles. The van der Waals surface area contributed by atoms with Crippen LogP contribution in [0.25, 0.3) is 6.08 Å². The van der Waals surface area contributed by atoms with Crippen molar-refractivity contribution in [3.63, 3.8) is 0 Å². The van der Waals surface area contributed by atoms with Gasteiger partial charge in [-0.25, -0.2) is 0 Å². The van der Waals surface area contributed by atoms with Crippen LogP contribution in [-0.2, 0) is 11.2 Å². The first-order valence-electron chi connectivity index (χ1n) is 7.21. The number of carbonyl (C=O) groups excluding carboxylic acids is 1. The van der Waals surface area contributed by atoms with E-state index in [2.05, 4.69) is 10.2 Å². The zero-order chi connectivity index (χ0) is 17.3. The van der Waals surface area contributed by atoms with Gasteiger partial charge in [-0.05, 0) is 30.7 Å². The molecule has 5 nitrogen and oxygen atoms in total. The third kappa shape index (κ3) is 3.24. The van der Waals surface area contributed by atoms with Crippen molar-refractivity contribution in [1.82, 2.24) is 10.2 Å². The predicted molar refractivity (Wildman–Crippen MR) is 98.3 cm³/mol. The quantitative estimate of drug-likeness (QED) is 0.806. The van der Waals surface area contributed by atoms with Crippen molar-refractivity contribution in [2.45, 2.75) is 19.3 Å². The van der Waals surface area contributed by atoms with Crippen LogP contribution in [0.3, 0.4) is 0 Å². The van der Waals surface area contributed by atoms with Crippen molar-refractivity contribution in [1.29, 1.82) is 5.41 Å². The number of hydrogen-bond acceptors (Lipinski definition) is 7. The van der Waals surface area contributed by atoms with E-state index in [1.165, 1.54) is 11.3 Å². The summed E-state index contributed by atoms with van der Waals surface area (Å²) < 4.78 is 5.30. The number of ether oxygens (including phenoxy) is 1. The Bertz CT molecular complexity index is 848. The van der Waals surface area contributed by atoms with E-state index in [4.69, 9.17) is 21.7 Å². The summed E-state index contributed by atoms with van der Waals surface area (Å²) in [6, 6.07) is 5.21. The number of thioether (sulfide) groups is 1. The van der Waals surface area contributed by atoms with Gasteiger partial charge in [0.25, 0.3) is 0 Å². The lowest BCUT2D eigenvalue weighted by Crippen LogP contribution is -2.11. The van der Waals surface area contributed by atoms with E-state index in [0.717, 1.165) is 23.2 Å². The second kappa shape index (κ2) is 7.04. The van der Waals surface area contributed by atoms with Crippen molar-refractivity contribution in [3.8, 4) is 5.75 Å². The number of benzene rings is 1. The molecule has 1 aliphatic rings. The van der Waals surface area contributed by atoms with E-state index in [0.29, 0.717) is 26.2 Å².